The summed E-state index contributed by atoms with van der Waals surface area (Å²) < 4.78 is 13.1. The summed E-state index contributed by atoms with van der Waals surface area (Å²) in [6.07, 6.45) is 0. The third-order valence-corrected chi connectivity index (χ3v) is 3.41. The van der Waals surface area contributed by atoms with E-state index in [4.69, 9.17) is 11.6 Å². The fourth-order valence-corrected chi connectivity index (χ4v) is 2.13. The van der Waals surface area contributed by atoms with Gasteiger partial charge in [0.2, 0.25) is 0 Å². The predicted molar refractivity (Wildman–Crippen MR) is 81.6 cm³/mol. The summed E-state index contributed by atoms with van der Waals surface area (Å²) in [5, 5.41) is 3.40. The smallest absolute Gasteiger partial charge is 0.317 e. The molecule has 3 nitrogen and oxygen atoms in total. The Kier molecular flexibility index (Phi) is 5.17. The van der Waals surface area contributed by atoms with Gasteiger partial charge in [0.15, 0.2) is 0 Å². The van der Waals surface area contributed by atoms with Gasteiger partial charge in [-0.05, 0) is 29.3 Å². The number of amides is 2. The second kappa shape index (κ2) is 7.09. The molecule has 0 aromatic heterocycles. The molecule has 0 atom stereocenters. The molecule has 0 fully saturated rings. The van der Waals surface area contributed by atoms with Crippen molar-refractivity contribution in [1.82, 2.24) is 10.2 Å². The molecule has 5 heteroatoms. The number of urea groups is 1. The zero-order chi connectivity index (χ0) is 15.2. The summed E-state index contributed by atoms with van der Waals surface area (Å²) >= 11 is 6.03. The van der Waals surface area contributed by atoms with Crippen molar-refractivity contribution in [3.63, 3.8) is 0 Å². The van der Waals surface area contributed by atoms with Gasteiger partial charge >= 0.3 is 6.03 Å². The standard InChI is InChI=1S/C16H16ClFN2O/c1-20(11-12-5-4-7-14(18)9-12)16(21)19-10-13-6-2-3-8-15(13)17/h2-9H,10-11H2,1H3,(H,19,21). The van der Waals surface area contributed by atoms with Crippen LogP contribution in [0, 0.1) is 5.82 Å². The van der Waals surface area contributed by atoms with Crippen LogP contribution >= 0.6 is 11.6 Å². The first-order valence-corrected chi connectivity index (χ1v) is 6.91. The van der Waals surface area contributed by atoms with Crippen LogP contribution in [0.3, 0.4) is 0 Å². The van der Waals surface area contributed by atoms with E-state index in [1.54, 1.807) is 25.2 Å². The maximum Gasteiger partial charge on any atom is 0.317 e. The number of halogens is 2. The first kappa shape index (κ1) is 15.3. The Hall–Kier alpha value is -2.07. The van der Waals surface area contributed by atoms with Gasteiger partial charge in [-0.15, -0.1) is 0 Å². The summed E-state index contributed by atoms with van der Waals surface area (Å²) in [5.74, 6) is -0.308. The quantitative estimate of drug-likeness (QED) is 0.915. The Balaban J connectivity index is 1.90. The van der Waals surface area contributed by atoms with Crippen molar-refractivity contribution in [2.75, 3.05) is 7.05 Å². The van der Waals surface area contributed by atoms with Crippen LogP contribution in [-0.2, 0) is 13.1 Å². The molecule has 110 valence electrons. The average molecular weight is 307 g/mol. The maximum atomic E-state index is 13.1. The van der Waals surface area contributed by atoms with Crippen LogP contribution in [0.25, 0.3) is 0 Å². The monoisotopic (exact) mass is 306 g/mol. The highest BCUT2D eigenvalue weighted by Gasteiger charge is 2.09. The summed E-state index contributed by atoms with van der Waals surface area (Å²) in [5.41, 5.74) is 1.59. The van der Waals surface area contributed by atoms with E-state index in [9.17, 15) is 9.18 Å². The topological polar surface area (TPSA) is 32.3 Å². The van der Waals surface area contributed by atoms with Crippen LogP contribution in [0.2, 0.25) is 5.02 Å². The van der Waals surface area contributed by atoms with E-state index in [0.717, 1.165) is 11.1 Å². The highest BCUT2D eigenvalue weighted by molar-refractivity contribution is 6.31. The van der Waals surface area contributed by atoms with E-state index in [-0.39, 0.29) is 11.8 Å². The average Bonchev–Trinajstić information content (AvgIpc) is 2.46. The molecule has 0 aliphatic rings. The molecular formula is C16H16ClFN2O. The second-order valence-corrected chi connectivity index (χ2v) is 5.14. The lowest BCUT2D eigenvalue weighted by Crippen LogP contribution is -2.36. The predicted octanol–water partition coefficient (Wildman–Crippen LogP) is 3.82. The minimum atomic E-state index is -0.308. The van der Waals surface area contributed by atoms with Gasteiger partial charge in [-0.25, -0.2) is 9.18 Å². The number of carbonyl (C=O) groups is 1. The lowest BCUT2D eigenvalue weighted by Gasteiger charge is -2.18. The number of carbonyl (C=O) groups excluding carboxylic acids is 1. The van der Waals surface area contributed by atoms with Crippen molar-refractivity contribution in [2.45, 2.75) is 13.1 Å². The largest absolute Gasteiger partial charge is 0.334 e. The Bertz CT molecular complexity index is 633. The van der Waals surface area contributed by atoms with Gasteiger partial charge in [-0.2, -0.15) is 0 Å². The minimum Gasteiger partial charge on any atom is -0.334 e. The molecule has 2 aromatic rings. The normalized spacial score (nSPS) is 10.2. The third-order valence-electron chi connectivity index (χ3n) is 3.04. The first-order valence-electron chi connectivity index (χ1n) is 6.53. The first-order chi connectivity index (χ1) is 10.1. The van der Waals surface area contributed by atoms with Gasteiger partial charge in [-0.3, -0.25) is 0 Å². The van der Waals surface area contributed by atoms with E-state index in [1.807, 2.05) is 18.2 Å². The molecule has 21 heavy (non-hydrogen) atoms. The summed E-state index contributed by atoms with van der Waals surface area (Å²) in [4.78, 5) is 13.5. The van der Waals surface area contributed by atoms with Crippen LogP contribution in [-0.4, -0.2) is 18.0 Å². The Labute approximate surface area is 128 Å². The van der Waals surface area contributed by atoms with Crippen molar-refractivity contribution < 1.29 is 9.18 Å². The molecule has 0 aliphatic heterocycles. The SMILES string of the molecule is CN(Cc1cccc(F)c1)C(=O)NCc1ccccc1Cl. The zero-order valence-corrected chi connectivity index (χ0v) is 12.4. The molecule has 0 bridgehead atoms. The second-order valence-electron chi connectivity index (χ2n) is 4.74. The maximum absolute atomic E-state index is 13.1. The van der Waals surface area contributed by atoms with Crippen LogP contribution in [0.1, 0.15) is 11.1 Å². The lowest BCUT2D eigenvalue weighted by molar-refractivity contribution is 0.206. The highest BCUT2D eigenvalue weighted by atomic mass is 35.5. The zero-order valence-electron chi connectivity index (χ0n) is 11.6. The van der Waals surface area contributed by atoms with Crippen molar-refractivity contribution in [2.24, 2.45) is 0 Å². The highest BCUT2D eigenvalue weighted by Crippen LogP contribution is 2.14. The van der Waals surface area contributed by atoms with Crippen molar-refractivity contribution in [1.29, 1.82) is 0 Å². The van der Waals surface area contributed by atoms with Crippen LogP contribution in [0.5, 0.6) is 0 Å². The molecule has 0 saturated heterocycles. The Morgan fingerprint density at radius 2 is 2.00 bits per heavy atom. The van der Waals surface area contributed by atoms with Crippen LogP contribution < -0.4 is 5.32 Å². The summed E-state index contributed by atoms with van der Waals surface area (Å²) in [7, 11) is 1.66. The van der Waals surface area contributed by atoms with E-state index in [0.29, 0.717) is 18.1 Å². The molecule has 0 radical (unpaired) electrons. The molecule has 2 amide bonds. The molecule has 2 rings (SSSR count). The molecule has 1 N–H and O–H groups in total. The lowest BCUT2D eigenvalue weighted by atomic mass is 10.2. The molecule has 0 spiro atoms. The van der Waals surface area contributed by atoms with E-state index < -0.39 is 0 Å². The van der Waals surface area contributed by atoms with Gasteiger partial charge in [0.05, 0.1) is 0 Å². The van der Waals surface area contributed by atoms with E-state index in [1.165, 1.54) is 17.0 Å². The Morgan fingerprint density at radius 3 is 2.71 bits per heavy atom. The van der Waals surface area contributed by atoms with E-state index in [2.05, 4.69) is 5.32 Å². The third kappa shape index (κ3) is 4.46. The molecule has 0 saturated carbocycles. The van der Waals surface area contributed by atoms with Gasteiger partial charge in [-0.1, -0.05) is 41.9 Å². The summed E-state index contributed by atoms with van der Waals surface area (Å²) in [6.45, 7) is 0.693. The summed E-state index contributed by atoms with van der Waals surface area (Å²) in [6, 6.07) is 13.3. The van der Waals surface area contributed by atoms with Crippen LogP contribution in [0.15, 0.2) is 48.5 Å². The van der Waals surface area contributed by atoms with Gasteiger partial charge < -0.3 is 10.2 Å². The van der Waals surface area contributed by atoms with Gasteiger partial charge in [0.1, 0.15) is 5.82 Å². The molecule has 0 aliphatic carbocycles. The van der Waals surface area contributed by atoms with Crippen molar-refractivity contribution >= 4 is 17.6 Å². The molecular weight excluding hydrogens is 291 g/mol. The van der Waals surface area contributed by atoms with Gasteiger partial charge in [0, 0.05) is 25.2 Å². The van der Waals surface area contributed by atoms with Gasteiger partial charge in [0.25, 0.3) is 0 Å². The molecule has 0 unspecified atom stereocenters. The number of nitrogens with zero attached hydrogens (tertiary/aromatic N) is 1. The minimum absolute atomic E-state index is 0.237. The number of hydrogen-bond acceptors (Lipinski definition) is 1. The van der Waals surface area contributed by atoms with Crippen LogP contribution in [0.4, 0.5) is 9.18 Å². The van der Waals surface area contributed by atoms with E-state index >= 15 is 0 Å². The number of benzene rings is 2. The fourth-order valence-electron chi connectivity index (χ4n) is 1.93. The van der Waals surface area contributed by atoms with Crippen molar-refractivity contribution in [3.8, 4) is 0 Å². The molecule has 2 aromatic carbocycles. The molecule has 0 heterocycles. The van der Waals surface area contributed by atoms with Crippen molar-refractivity contribution in [3.05, 3.63) is 70.5 Å². The Morgan fingerprint density at radius 1 is 1.24 bits per heavy atom. The fraction of sp³-hybridized carbons (Fsp3) is 0.188. The number of nitrogens with one attached hydrogen (secondary N) is 1. The number of hydrogen-bond donors (Lipinski definition) is 1. The number of rotatable bonds is 4.